The minimum atomic E-state index is -0.215. The SMILES string of the molecule is COc1ccc(/C=C2\Oc3c(ccc(O)c3CN3CCN(c4ccccc4)CC3)C2=O)c(OC)c1. The lowest BCUT2D eigenvalue weighted by molar-refractivity contribution is 0.101. The van der Waals surface area contributed by atoms with Gasteiger partial charge in [-0.3, -0.25) is 9.69 Å². The number of carbonyl (C=O) groups is 1. The second kappa shape index (κ2) is 9.72. The van der Waals surface area contributed by atoms with Gasteiger partial charge in [0.15, 0.2) is 5.76 Å². The van der Waals surface area contributed by atoms with Crippen molar-refractivity contribution in [2.24, 2.45) is 0 Å². The number of anilines is 1. The van der Waals surface area contributed by atoms with Gasteiger partial charge in [-0.15, -0.1) is 0 Å². The lowest BCUT2D eigenvalue weighted by atomic mass is 10.0. The smallest absolute Gasteiger partial charge is 0.231 e. The van der Waals surface area contributed by atoms with Crippen LogP contribution in [0.25, 0.3) is 6.08 Å². The molecule has 1 saturated heterocycles. The topological polar surface area (TPSA) is 71.5 Å². The maximum absolute atomic E-state index is 13.1. The molecule has 3 aromatic rings. The van der Waals surface area contributed by atoms with Crippen LogP contribution in [-0.4, -0.2) is 56.2 Å². The van der Waals surface area contributed by atoms with E-state index in [2.05, 4.69) is 21.9 Å². The molecular weight excluding hydrogens is 444 g/mol. The Bertz CT molecular complexity index is 1260. The first-order valence-electron chi connectivity index (χ1n) is 11.6. The van der Waals surface area contributed by atoms with Crippen molar-refractivity contribution in [2.45, 2.75) is 6.54 Å². The van der Waals surface area contributed by atoms with Gasteiger partial charge in [0.25, 0.3) is 0 Å². The van der Waals surface area contributed by atoms with Crippen molar-refractivity contribution in [3.63, 3.8) is 0 Å². The third-order valence-corrected chi connectivity index (χ3v) is 6.52. The first kappa shape index (κ1) is 22.8. The molecule has 0 saturated carbocycles. The van der Waals surface area contributed by atoms with Gasteiger partial charge < -0.3 is 24.2 Å². The van der Waals surface area contributed by atoms with Gasteiger partial charge in [-0.25, -0.2) is 0 Å². The van der Waals surface area contributed by atoms with E-state index in [4.69, 9.17) is 14.2 Å². The van der Waals surface area contributed by atoms with Gasteiger partial charge in [0.1, 0.15) is 23.0 Å². The lowest BCUT2D eigenvalue weighted by Crippen LogP contribution is -2.46. The molecule has 0 bridgehead atoms. The summed E-state index contributed by atoms with van der Waals surface area (Å²) in [5, 5.41) is 10.7. The minimum Gasteiger partial charge on any atom is -0.507 e. The summed E-state index contributed by atoms with van der Waals surface area (Å²) in [6.45, 7) is 3.98. The number of para-hydroxylation sites is 1. The summed E-state index contributed by atoms with van der Waals surface area (Å²) in [6.07, 6.45) is 1.67. The van der Waals surface area contributed by atoms with Gasteiger partial charge >= 0.3 is 0 Å². The van der Waals surface area contributed by atoms with Crippen LogP contribution in [0.2, 0.25) is 0 Å². The molecule has 7 heteroatoms. The number of benzene rings is 3. The van der Waals surface area contributed by atoms with Gasteiger partial charge in [0.05, 0.1) is 25.3 Å². The summed E-state index contributed by atoms with van der Waals surface area (Å²) in [7, 11) is 3.15. The molecule has 2 aliphatic heterocycles. The molecular formula is C28H28N2O5. The largest absolute Gasteiger partial charge is 0.507 e. The zero-order valence-corrected chi connectivity index (χ0v) is 19.9. The number of ketones is 1. The highest BCUT2D eigenvalue weighted by molar-refractivity contribution is 6.15. The quantitative estimate of drug-likeness (QED) is 0.535. The van der Waals surface area contributed by atoms with Crippen LogP contribution in [0.1, 0.15) is 21.5 Å². The van der Waals surface area contributed by atoms with Gasteiger partial charge in [-0.2, -0.15) is 0 Å². The van der Waals surface area contributed by atoms with Crippen LogP contribution < -0.4 is 19.1 Å². The molecule has 1 N–H and O–H groups in total. The molecule has 35 heavy (non-hydrogen) atoms. The van der Waals surface area contributed by atoms with E-state index in [1.54, 1.807) is 44.6 Å². The number of carbonyl (C=O) groups excluding carboxylic acids is 1. The number of aromatic hydroxyl groups is 1. The van der Waals surface area contributed by atoms with Gasteiger partial charge in [-0.1, -0.05) is 18.2 Å². The van der Waals surface area contributed by atoms with Crippen molar-refractivity contribution in [1.82, 2.24) is 4.90 Å². The summed E-state index contributed by atoms with van der Waals surface area (Å²) in [6, 6.07) is 18.9. The number of rotatable bonds is 6. The Morgan fingerprint density at radius 2 is 1.74 bits per heavy atom. The number of fused-ring (bicyclic) bond motifs is 1. The number of phenols is 1. The molecule has 2 heterocycles. The fourth-order valence-electron chi connectivity index (χ4n) is 4.56. The maximum atomic E-state index is 13.1. The maximum Gasteiger partial charge on any atom is 0.231 e. The van der Waals surface area contributed by atoms with E-state index in [-0.39, 0.29) is 17.3 Å². The molecule has 0 unspecified atom stereocenters. The number of ether oxygens (including phenoxy) is 3. The van der Waals surface area contributed by atoms with Crippen molar-refractivity contribution in [1.29, 1.82) is 0 Å². The van der Waals surface area contributed by atoms with E-state index < -0.39 is 0 Å². The molecule has 0 aromatic heterocycles. The van der Waals surface area contributed by atoms with Crippen LogP contribution in [0.15, 0.2) is 66.4 Å². The first-order chi connectivity index (χ1) is 17.1. The van der Waals surface area contributed by atoms with Crippen LogP contribution in [0, 0.1) is 0 Å². The molecule has 3 aromatic carbocycles. The van der Waals surface area contributed by atoms with E-state index in [0.717, 1.165) is 26.2 Å². The van der Waals surface area contributed by atoms with Crippen molar-refractivity contribution < 1.29 is 24.1 Å². The Kier molecular flexibility index (Phi) is 6.33. The Balaban J connectivity index is 1.35. The fourth-order valence-corrected chi connectivity index (χ4v) is 4.56. The number of Topliss-reactive ketones (excluding diaryl/α,β-unsaturated/α-hetero) is 1. The number of hydrogen-bond donors (Lipinski definition) is 1. The van der Waals surface area contributed by atoms with Crippen molar-refractivity contribution in [2.75, 3.05) is 45.3 Å². The first-order valence-corrected chi connectivity index (χ1v) is 11.6. The third-order valence-electron chi connectivity index (χ3n) is 6.52. The van der Waals surface area contributed by atoms with Crippen LogP contribution in [-0.2, 0) is 6.54 Å². The second-order valence-electron chi connectivity index (χ2n) is 8.59. The molecule has 0 radical (unpaired) electrons. The van der Waals surface area contributed by atoms with Crippen molar-refractivity contribution in [3.05, 3.63) is 83.1 Å². The molecule has 2 aliphatic rings. The molecule has 0 spiro atoms. The summed E-state index contributed by atoms with van der Waals surface area (Å²) in [5.41, 5.74) is 3.01. The second-order valence-corrected chi connectivity index (χ2v) is 8.59. The minimum absolute atomic E-state index is 0.130. The van der Waals surface area contributed by atoms with Gasteiger partial charge in [0.2, 0.25) is 5.78 Å². The monoisotopic (exact) mass is 472 g/mol. The van der Waals surface area contributed by atoms with Gasteiger partial charge in [-0.05, 0) is 42.5 Å². The molecule has 0 aliphatic carbocycles. The lowest BCUT2D eigenvalue weighted by Gasteiger charge is -2.36. The number of nitrogens with zero attached hydrogens (tertiary/aromatic N) is 2. The van der Waals surface area contributed by atoms with Crippen molar-refractivity contribution >= 4 is 17.5 Å². The third kappa shape index (κ3) is 4.55. The molecule has 5 rings (SSSR count). The molecule has 1 fully saturated rings. The highest BCUT2D eigenvalue weighted by atomic mass is 16.5. The Morgan fingerprint density at radius 3 is 2.46 bits per heavy atom. The summed E-state index contributed by atoms with van der Waals surface area (Å²) in [4.78, 5) is 17.7. The zero-order chi connectivity index (χ0) is 24.4. The standard InChI is InChI=1S/C28H28N2O5/c1-33-21-9-8-19(25(17-21)34-2)16-26-27(32)22-10-11-24(31)23(28(22)35-26)18-29-12-14-30(15-13-29)20-6-4-3-5-7-20/h3-11,16-17,31H,12-15,18H2,1-2H3/b26-16-. The van der Waals surface area contributed by atoms with Crippen LogP contribution in [0.4, 0.5) is 5.69 Å². The van der Waals surface area contributed by atoms with Crippen LogP contribution in [0.5, 0.6) is 23.0 Å². The Labute approximate surface area is 204 Å². The average Bonchev–Trinajstić information content (AvgIpc) is 3.22. The number of phenolic OH excluding ortho intramolecular Hbond substituents is 1. The zero-order valence-electron chi connectivity index (χ0n) is 19.9. The van der Waals surface area contributed by atoms with Gasteiger partial charge in [0, 0.05) is 50.0 Å². The van der Waals surface area contributed by atoms with E-state index in [1.165, 1.54) is 5.69 Å². The summed E-state index contributed by atoms with van der Waals surface area (Å²) in [5.74, 6) is 1.77. The molecule has 7 nitrogen and oxygen atoms in total. The number of hydrogen-bond acceptors (Lipinski definition) is 7. The molecule has 0 atom stereocenters. The number of methoxy groups -OCH3 is 2. The summed E-state index contributed by atoms with van der Waals surface area (Å²) < 4.78 is 16.8. The average molecular weight is 473 g/mol. The number of allylic oxidation sites excluding steroid dienone is 1. The number of piperazine rings is 1. The predicted molar refractivity (Wildman–Crippen MR) is 135 cm³/mol. The van der Waals surface area contributed by atoms with Crippen molar-refractivity contribution in [3.8, 4) is 23.0 Å². The van der Waals surface area contributed by atoms with E-state index in [9.17, 15) is 9.90 Å². The van der Waals surface area contributed by atoms with Crippen LogP contribution >= 0.6 is 0 Å². The van der Waals surface area contributed by atoms with Crippen LogP contribution in [0.3, 0.4) is 0 Å². The summed E-state index contributed by atoms with van der Waals surface area (Å²) >= 11 is 0. The van der Waals surface area contributed by atoms with E-state index >= 15 is 0 Å². The normalized spacial score (nSPS) is 16.8. The highest BCUT2D eigenvalue weighted by Gasteiger charge is 2.32. The molecule has 180 valence electrons. The van der Waals surface area contributed by atoms with E-state index in [0.29, 0.717) is 40.5 Å². The molecule has 0 amide bonds. The predicted octanol–water partition coefficient (Wildman–Crippen LogP) is 4.35. The Hall–Kier alpha value is -3.97. The highest BCUT2D eigenvalue weighted by Crippen LogP contribution is 2.41. The Morgan fingerprint density at radius 1 is 0.971 bits per heavy atom. The van der Waals surface area contributed by atoms with E-state index in [1.807, 2.05) is 24.3 Å². The fraction of sp³-hybridized carbons (Fsp3) is 0.250.